The summed E-state index contributed by atoms with van der Waals surface area (Å²) < 4.78 is 7.03. The lowest BCUT2D eigenvalue weighted by atomic mass is 10.2. The lowest BCUT2D eigenvalue weighted by molar-refractivity contribution is -0.113. The highest BCUT2D eigenvalue weighted by molar-refractivity contribution is 6.28. The minimum Gasteiger partial charge on any atom is -0.451 e. The van der Waals surface area contributed by atoms with Crippen LogP contribution in [0.1, 0.15) is 41.9 Å². The number of fused-ring (bicyclic) bond motifs is 1. The number of carbonyl (C=O) groups is 2. The molecule has 0 spiro atoms. The molecule has 2 amide bonds. The van der Waals surface area contributed by atoms with Gasteiger partial charge in [0.2, 0.25) is 0 Å². The van der Waals surface area contributed by atoms with Gasteiger partial charge in [-0.1, -0.05) is 24.8 Å². The summed E-state index contributed by atoms with van der Waals surface area (Å²) in [4.78, 5) is 33.2. The van der Waals surface area contributed by atoms with Crippen molar-refractivity contribution < 1.29 is 14.0 Å². The first kappa shape index (κ1) is 17.3. The summed E-state index contributed by atoms with van der Waals surface area (Å²) in [5.41, 5.74) is 2.18. The fourth-order valence-corrected chi connectivity index (χ4v) is 3.14. The number of amides is 2. The third-order valence-electron chi connectivity index (χ3n) is 4.97. The molecular weight excluding hydrogens is 370 g/mol. The Hall–Kier alpha value is -3.81. The zero-order valence-electron chi connectivity index (χ0n) is 15.7. The van der Waals surface area contributed by atoms with Gasteiger partial charge in [-0.15, -0.1) is 0 Å². The Morgan fingerprint density at radius 3 is 2.76 bits per heavy atom. The Kier molecular flexibility index (Phi) is 3.80. The molecule has 3 heterocycles. The molecule has 3 aromatic rings. The van der Waals surface area contributed by atoms with E-state index in [0.717, 1.165) is 23.9 Å². The fraction of sp³-hybridized carbons (Fsp3) is 0.190. The molecule has 1 aromatic carbocycles. The first-order valence-electron chi connectivity index (χ1n) is 9.27. The quantitative estimate of drug-likeness (QED) is 0.695. The molecule has 0 saturated heterocycles. The molecule has 0 bridgehead atoms. The van der Waals surface area contributed by atoms with Crippen molar-refractivity contribution in [3.05, 3.63) is 60.0 Å². The van der Waals surface area contributed by atoms with Gasteiger partial charge in [-0.2, -0.15) is 14.8 Å². The van der Waals surface area contributed by atoms with E-state index in [0.29, 0.717) is 23.0 Å². The second kappa shape index (κ2) is 6.37. The summed E-state index contributed by atoms with van der Waals surface area (Å²) in [5.74, 6) is 0.127. The predicted molar refractivity (Wildman–Crippen MR) is 108 cm³/mol. The molecule has 5 rings (SSSR count). The zero-order chi connectivity index (χ0) is 20.1. The Morgan fingerprint density at radius 1 is 1.24 bits per heavy atom. The summed E-state index contributed by atoms with van der Waals surface area (Å²) in [5, 5.41) is 8.18. The summed E-state index contributed by atoms with van der Waals surface area (Å²) in [6, 6.07) is 10.9. The zero-order valence-corrected chi connectivity index (χ0v) is 15.7. The van der Waals surface area contributed by atoms with Gasteiger partial charge in [0.05, 0.1) is 17.0 Å². The Morgan fingerprint density at radius 2 is 2.03 bits per heavy atom. The Balaban J connectivity index is 1.51. The first-order valence-corrected chi connectivity index (χ1v) is 9.27. The van der Waals surface area contributed by atoms with Crippen LogP contribution in [0.25, 0.3) is 11.0 Å². The van der Waals surface area contributed by atoms with Gasteiger partial charge < -0.3 is 9.73 Å². The van der Waals surface area contributed by atoms with E-state index in [2.05, 4.69) is 27.0 Å². The van der Waals surface area contributed by atoms with Crippen LogP contribution in [0, 0.1) is 0 Å². The molecule has 29 heavy (non-hydrogen) atoms. The molecule has 1 N–H and O–H groups in total. The number of carbonyl (C=O) groups excluding carboxylic acids is 2. The number of nitrogens with zero attached hydrogens (tertiary/aromatic N) is 4. The van der Waals surface area contributed by atoms with E-state index < -0.39 is 11.8 Å². The number of hydrogen-bond donors (Lipinski definition) is 1. The summed E-state index contributed by atoms with van der Waals surface area (Å²) in [6.45, 7) is 5.37. The van der Waals surface area contributed by atoms with Crippen LogP contribution >= 0.6 is 0 Å². The van der Waals surface area contributed by atoms with Crippen molar-refractivity contribution in [3.63, 3.8) is 0 Å². The van der Waals surface area contributed by atoms with Crippen LogP contribution in [0.4, 0.5) is 5.82 Å². The van der Waals surface area contributed by atoms with Gasteiger partial charge in [-0.05, 0) is 31.9 Å². The number of benzene rings is 1. The maximum atomic E-state index is 12.8. The molecular formula is C21H17N5O3. The number of furan rings is 1. The molecule has 8 heteroatoms. The topological polar surface area (TPSA) is 102 Å². The number of nitrogens with one attached hydrogen (secondary N) is 1. The van der Waals surface area contributed by atoms with E-state index in [4.69, 9.17) is 4.42 Å². The highest BCUT2D eigenvalue weighted by atomic mass is 16.3. The molecule has 8 nitrogen and oxygen atoms in total. The van der Waals surface area contributed by atoms with Gasteiger partial charge in [-0.3, -0.25) is 9.59 Å². The van der Waals surface area contributed by atoms with Gasteiger partial charge in [-0.25, -0.2) is 4.99 Å². The van der Waals surface area contributed by atoms with Crippen molar-refractivity contribution in [2.75, 3.05) is 5.32 Å². The molecule has 1 saturated carbocycles. The summed E-state index contributed by atoms with van der Waals surface area (Å²) in [7, 11) is 0. The van der Waals surface area contributed by atoms with Crippen LogP contribution in [0.2, 0.25) is 0 Å². The van der Waals surface area contributed by atoms with E-state index in [1.165, 1.54) is 4.68 Å². The van der Waals surface area contributed by atoms with Crippen molar-refractivity contribution >= 4 is 40.3 Å². The number of aromatic nitrogens is 2. The summed E-state index contributed by atoms with van der Waals surface area (Å²) >= 11 is 0. The molecule has 1 aliphatic carbocycles. The normalized spacial score (nSPS) is 16.7. The number of hydrogen-bond acceptors (Lipinski definition) is 5. The van der Waals surface area contributed by atoms with E-state index >= 15 is 0 Å². The minimum absolute atomic E-state index is 0.103. The SMILES string of the molecule is C=C1C(=O)N=C(n2nc(C3CC3)cc2NC(=O)c2cc3ccccc3o2)N=C1C. The van der Waals surface area contributed by atoms with E-state index in [1.807, 2.05) is 18.2 Å². The van der Waals surface area contributed by atoms with Crippen LogP contribution in [0.3, 0.4) is 0 Å². The van der Waals surface area contributed by atoms with Gasteiger partial charge in [0.15, 0.2) is 5.76 Å². The van der Waals surface area contributed by atoms with Crippen molar-refractivity contribution in [3.8, 4) is 0 Å². The second-order valence-corrected chi connectivity index (χ2v) is 7.14. The largest absolute Gasteiger partial charge is 0.451 e. The average molecular weight is 387 g/mol. The molecule has 0 unspecified atom stereocenters. The number of rotatable bonds is 3. The average Bonchev–Trinajstić information content (AvgIpc) is 3.32. The number of para-hydroxylation sites is 1. The smallest absolute Gasteiger partial charge is 0.292 e. The lowest BCUT2D eigenvalue weighted by Gasteiger charge is -2.12. The maximum Gasteiger partial charge on any atom is 0.292 e. The van der Waals surface area contributed by atoms with Crippen LogP contribution in [-0.2, 0) is 4.79 Å². The standard InChI is InChI=1S/C21H17N5O3/c1-11-12(2)22-21(24-19(11)27)26-18(10-15(25-26)13-7-8-13)23-20(28)17-9-14-5-3-4-6-16(14)29-17/h3-6,9-10,13H,1,7-8H2,2H3,(H,23,28). The monoisotopic (exact) mass is 387 g/mol. The van der Waals surface area contributed by atoms with E-state index in [9.17, 15) is 9.59 Å². The molecule has 0 atom stereocenters. The minimum atomic E-state index is -0.467. The van der Waals surface area contributed by atoms with Crippen LogP contribution in [0.15, 0.2) is 63.0 Å². The molecule has 1 aliphatic heterocycles. The molecule has 144 valence electrons. The van der Waals surface area contributed by atoms with Crippen LogP contribution in [-0.4, -0.2) is 33.3 Å². The second-order valence-electron chi connectivity index (χ2n) is 7.14. The highest BCUT2D eigenvalue weighted by Crippen LogP contribution is 2.40. The van der Waals surface area contributed by atoms with E-state index in [1.54, 1.807) is 25.1 Å². The molecule has 0 radical (unpaired) electrons. The highest BCUT2D eigenvalue weighted by Gasteiger charge is 2.30. The van der Waals surface area contributed by atoms with Gasteiger partial charge >= 0.3 is 0 Å². The van der Waals surface area contributed by atoms with Gasteiger partial charge in [0.25, 0.3) is 17.8 Å². The fourth-order valence-electron chi connectivity index (χ4n) is 3.14. The van der Waals surface area contributed by atoms with Crippen molar-refractivity contribution in [2.45, 2.75) is 25.7 Å². The third kappa shape index (κ3) is 3.08. The molecule has 2 aromatic heterocycles. The Bertz CT molecular complexity index is 1220. The van der Waals surface area contributed by atoms with Gasteiger partial charge in [0.1, 0.15) is 11.4 Å². The van der Waals surface area contributed by atoms with Crippen LogP contribution in [0.5, 0.6) is 0 Å². The molecule has 1 fully saturated rings. The van der Waals surface area contributed by atoms with Crippen molar-refractivity contribution in [1.29, 1.82) is 0 Å². The maximum absolute atomic E-state index is 12.8. The lowest BCUT2D eigenvalue weighted by Crippen LogP contribution is -2.25. The number of anilines is 1. The van der Waals surface area contributed by atoms with Crippen molar-refractivity contribution in [1.82, 2.24) is 9.78 Å². The summed E-state index contributed by atoms with van der Waals surface area (Å²) in [6.07, 6.45) is 2.08. The first-order chi connectivity index (χ1) is 14.0. The molecule has 2 aliphatic rings. The van der Waals surface area contributed by atoms with Crippen LogP contribution < -0.4 is 5.32 Å². The Labute approximate surface area is 165 Å². The third-order valence-corrected chi connectivity index (χ3v) is 4.97. The van der Waals surface area contributed by atoms with Crippen molar-refractivity contribution in [2.24, 2.45) is 9.98 Å². The predicted octanol–water partition coefficient (Wildman–Crippen LogP) is 3.52. The number of aliphatic imine (C=N–C) groups is 2. The van der Waals surface area contributed by atoms with E-state index in [-0.39, 0.29) is 17.3 Å². The van der Waals surface area contributed by atoms with Gasteiger partial charge in [0, 0.05) is 17.4 Å².